The number of aliphatic hydroxyl groups excluding tert-OH is 1. The van der Waals surface area contributed by atoms with Crippen LogP contribution in [0.15, 0.2) is 24.3 Å². The lowest BCUT2D eigenvalue weighted by molar-refractivity contribution is 0.343. The van der Waals surface area contributed by atoms with Crippen molar-refractivity contribution in [3.05, 3.63) is 24.3 Å². The van der Waals surface area contributed by atoms with Gasteiger partial charge in [0.1, 0.15) is 0 Å². The van der Waals surface area contributed by atoms with Gasteiger partial charge in [0.25, 0.3) is 0 Å². The molecule has 0 unspecified atom stereocenters. The average Bonchev–Trinajstić information content (AvgIpc) is 2.16. The second-order valence-electron chi connectivity index (χ2n) is 3.24. The van der Waals surface area contributed by atoms with Gasteiger partial charge in [-0.3, -0.25) is 0 Å². The molecule has 0 saturated heterocycles. The van der Waals surface area contributed by atoms with Gasteiger partial charge in [-0.05, 0) is 12.8 Å². The molecule has 1 heteroatoms. The van der Waals surface area contributed by atoms with Crippen LogP contribution >= 0.6 is 0 Å². The quantitative estimate of drug-likeness (QED) is 0.450. The molecule has 0 amide bonds. The van der Waals surface area contributed by atoms with E-state index in [0.29, 0.717) is 0 Å². The van der Waals surface area contributed by atoms with E-state index in [1.54, 1.807) is 6.08 Å². The van der Waals surface area contributed by atoms with E-state index in [2.05, 4.69) is 13.0 Å². The summed E-state index contributed by atoms with van der Waals surface area (Å²) in [6.07, 6.45) is 15.7. The van der Waals surface area contributed by atoms with Gasteiger partial charge < -0.3 is 5.11 Å². The molecule has 0 saturated carbocycles. The molecule has 0 aromatic rings. The molecule has 0 radical (unpaired) electrons. The van der Waals surface area contributed by atoms with Gasteiger partial charge in [-0.15, -0.1) is 0 Å². The Morgan fingerprint density at radius 3 is 2.31 bits per heavy atom. The van der Waals surface area contributed by atoms with Crippen LogP contribution in [0, 0.1) is 0 Å². The van der Waals surface area contributed by atoms with Crippen LogP contribution in [-0.4, -0.2) is 11.7 Å². The van der Waals surface area contributed by atoms with E-state index in [4.69, 9.17) is 5.11 Å². The normalized spacial score (nSPS) is 11.8. The summed E-state index contributed by atoms with van der Waals surface area (Å²) in [5.41, 5.74) is 0. The second kappa shape index (κ2) is 11.4. The molecule has 0 heterocycles. The Morgan fingerprint density at radius 2 is 1.62 bits per heavy atom. The molecule has 0 rings (SSSR count). The first kappa shape index (κ1) is 12.4. The van der Waals surface area contributed by atoms with Gasteiger partial charge in [0.2, 0.25) is 0 Å². The topological polar surface area (TPSA) is 20.2 Å². The molecule has 0 atom stereocenters. The highest BCUT2D eigenvalue weighted by atomic mass is 16.2. The summed E-state index contributed by atoms with van der Waals surface area (Å²) < 4.78 is 0. The van der Waals surface area contributed by atoms with Gasteiger partial charge in [0.05, 0.1) is 6.61 Å². The summed E-state index contributed by atoms with van der Waals surface area (Å²) in [6.45, 7) is 2.38. The SMILES string of the molecule is CCCCCCCC=CC=CCO. The fourth-order valence-electron chi connectivity index (χ4n) is 1.18. The lowest BCUT2D eigenvalue weighted by atomic mass is 10.1. The van der Waals surface area contributed by atoms with Gasteiger partial charge in [-0.2, -0.15) is 0 Å². The van der Waals surface area contributed by atoms with Crippen LogP contribution in [0.4, 0.5) is 0 Å². The fourth-order valence-corrected chi connectivity index (χ4v) is 1.18. The minimum atomic E-state index is 0.140. The van der Waals surface area contributed by atoms with E-state index in [1.807, 2.05) is 12.2 Å². The predicted molar refractivity (Wildman–Crippen MR) is 58.7 cm³/mol. The Hall–Kier alpha value is -0.560. The zero-order valence-electron chi connectivity index (χ0n) is 8.71. The molecule has 0 fully saturated rings. The zero-order chi connectivity index (χ0) is 9.78. The minimum absolute atomic E-state index is 0.140. The van der Waals surface area contributed by atoms with Crippen LogP contribution < -0.4 is 0 Å². The molecule has 1 nitrogen and oxygen atoms in total. The third-order valence-corrected chi connectivity index (χ3v) is 1.96. The van der Waals surface area contributed by atoms with Crippen LogP contribution in [-0.2, 0) is 0 Å². The van der Waals surface area contributed by atoms with Gasteiger partial charge in [-0.1, -0.05) is 56.9 Å². The molecule has 0 aliphatic heterocycles. The maximum absolute atomic E-state index is 8.45. The molecule has 76 valence electrons. The van der Waals surface area contributed by atoms with Crippen LogP contribution in [0.5, 0.6) is 0 Å². The monoisotopic (exact) mass is 182 g/mol. The molecule has 0 spiro atoms. The predicted octanol–water partition coefficient (Wildman–Crippen LogP) is 3.45. The Bertz CT molecular complexity index is 136. The summed E-state index contributed by atoms with van der Waals surface area (Å²) >= 11 is 0. The van der Waals surface area contributed by atoms with E-state index in [1.165, 1.54) is 38.5 Å². The van der Waals surface area contributed by atoms with Crippen molar-refractivity contribution in [3.8, 4) is 0 Å². The van der Waals surface area contributed by atoms with Crippen molar-refractivity contribution >= 4 is 0 Å². The van der Waals surface area contributed by atoms with Crippen molar-refractivity contribution in [3.63, 3.8) is 0 Å². The zero-order valence-corrected chi connectivity index (χ0v) is 8.71. The van der Waals surface area contributed by atoms with Crippen molar-refractivity contribution in [2.75, 3.05) is 6.61 Å². The second-order valence-corrected chi connectivity index (χ2v) is 3.24. The minimum Gasteiger partial charge on any atom is -0.392 e. The van der Waals surface area contributed by atoms with Gasteiger partial charge >= 0.3 is 0 Å². The Balaban J connectivity index is 3.06. The number of allylic oxidation sites excluding steroid dienone is 3. The molecular formula is C12H22O. The van der Waals surface area contributed by atoms with Crippen molar-refractivity contribution in [2.24, 2.45) is 0 Å². The van der Waals surface area contributed by atoms with Crippen molar-refractivity contribution in [1.82, 2.24) is 0 Å². The highest BCUT2D eigenvalue weighted by Gasteiger charge is 1.85. The molecule has 1 N–H and O–H groups in total. The smallest absolute Gasteiger partial charge is 0.0615 e. The van der Waals surface area contributed by atoms with E-state index in [-0.39, 0.29) is 6.61 Å². The first-order valence-electron chi connectivity index (χ1n) is 5.34. The highest BCUT2D eigenvalue weighted by Crippen LogP contribution is 2.05. The molecule has 0 aromatic heterocycles. The first-order chi connectivity index (χ1) is 6.41. The summed E-state index contributed by atoms with van der Waals surface area (Å²) in [6, 6.07) is 0. The lowest BCUT2D eigenvalue weighted by Crippen LogP contribution is -1.75. The molecule has 0 aliphatic carbocycles. The third kappa shape index (κ3) is 11.4. The van der Waals surface area contributed by atoms with Gasteiger partial charge in [0.15, 0.2) is 0 Å². The Kier molecular flexibility index (Phi) is 10.9. The van der Waals surface area contributed by atoms with Crippen molar-refractivity contribution < 1.29 is 5.11 Å². The summed E-state index contributed by atoms with van der Waals surface area (Å²) in [4.78, 5) is 0. The number of hydrogen-bond donors (Lipinski definition) is 1. The van der Waals surface area contributed by atoms with Crippen LogP contribution in [0.2, 0.25) is 0 Å². The third-order valence-electron chi connectivity index (χ3n) is 1.96. The summed E-state index contributed by atoms with van der Waals surface area (Å²) in [5, 5.41) is 8.45. The summed E-state index contributed by atoms with van der Waals surface area (Å²) in [7, 11) is 0. The van der Waals surface area contributed by atoms with Crippen molar-refractivity contribution in [1.29, 1.82) is 0 Å². The molecule has 13 heavy (non-hydrogen) atoms. The molecule has 0 bridgehead atoms. The number of rotatable bonds is 8. The molecule has 0 aliphatic rings. The van der Waals surface area contributed by atoms with E-state index < -0.39 is 0 Å². The van der Waals surface area contributed by atoms with Crippen molar-refractivity contribution in [2.45, 2.75) is 45.4 Å². The van der Waals surface area contributed by atoms with E-state index in [0.717, 1.165) is 0 Å². The molecular weight excluding hydrogens is 160 g/mol. The maximum atomic E-state index is 8.45. The van der Waals surface area contributed by atoms with Crippen LogP contribution in [0.1, 0.15) is 45.4 Å². The highest BCUT2D eigenvalue weighted by molar-refractivity contribution is 5.02. The summed E-state index contributed by atoms with van der Waals surface area (Å²) in [5.74, 6) is 0. The Labute approximate surface area is 82.2 Å². The van der Waals surface area contributed by atoms with E-state index >= 15 is 0 Å². The number of aliphatic hydroxyl groups is 1. The van der Waals surface area contributed by atoms with E-state index in [9.17, 15) is 0 Å². The maximum Gasteiger partial charge on any atom is 0.0615 e. The van der Waals surface area contributed by atoms with Gasteiger partial charge in [0, 0.05) is 0 Å². The van der Waals surface area contributed by atoms with Crippen LogP contribution in [0.3, 0.4) is 0 Å². The lowest BCUT2D eigenvalue weighted by Gasteiger charge is -1.95. The number of hydrogen-bond acceptors (Lipinski definition) is 1. The fraction of sp³-hybridized carbons (Fsp3) is 0.667. The van der Waals surface area contributed by atoms with Gasteiger partial charge in [-0.25, -0.2) is 0 Å². The number of unbranched alkanes of at least 4 members (excludes halogenated alkanes) is 5. The standard InChI is InChI=1S/C12H22O/c1-2-3-4-5-6-7-8-9-10-11-12-13/h8-11,13H,2-7,12H2,1H3. The largest absolute Gasteiger partial charge is 0.392 e. The molecule has 0 aromatic carbocycles. The Morgan fingerprint density at radius 1 is 0.923 bits per heavy atom. The van der Waals surface area contributed by atoms with Crippen LogP contribution in [0.25, 0.3) is 0 Å². The average molecular weight is 182 g/mol. The first-order valence-corrected chi connectivity index (χ1v) is 5.34.